The van der Waals surface area contributed by atoms with Crippen LogP contribution in [0.1, 0.15) is 65.7 Å². The smallest absolute Gasteiger partial charge is 0.233 e. The van der Waals surface area contributed by atoms with Crippen molar-refractivity contribution in [3.63, 3.8) is 0 Å². The minimum atomic E-state index is -0.934. The minimum absolute atomic E-state index is 0.0176. The first-order chi connectivity index (χ1) is 9.49. The Bertz CT molecular complexity index is 351. The van der Waals surface area contributed by atoms with Crippen LogP contribution in [-0.2, 0) is 4.79 Å². The minimum Gasteiger partial charge on any atom is -0.409 e. The van der Waals surface area contributed by atoms with Crippen LogP contribution >= 0.6 is 0 Å². The first-order valence-electron chi connectivity index (χ1n) is 7.78. The predicted molar refractivity (Wildman–Crippen MR) is 80.6 cm³/mol. The van der Waals surface area contributed by atoms with Crippen LogP contribution in [0.4, 0.5) is 0 Å². The average molecular weight is 283 g/mol. The Morgan fingerprint density at radius 3 is 2.45 bits per heavy atom. The second-order valence-corrected chi connectivity index (χ2v) is 6.06. The number of amides is 1. The highest BCUT2D eigenvalue weighted by Crippen LogP contribution is 2.29. The lowest BCUT2D eigenvalue weighted by atomic mass is 9.81. The van der Waals surface area contributed by atoms with E-state index in [-0.39, 0.29) is 17.8 Å². The standard InChI is InChI=1S/C15H29N3O2/c1-4-12(11-9-7-6-8-10-11)17-14(19)15(3,5-2)13(16)18-20/h11-12,20H,4-10H2,1-3H3,(H2,16,18)(H,17,19). The topological polar surface area (TPSA) is 87.7 Å². The Morgan fingerprint density at radius 2 is 2.00 bits per heavy atom. The molecule has 1 fully saturated rings. The number of carbonyl (C=O) groups excluding carboxylic acids is 1. The summed E-state index contributed by atoms with van der Waals surface area (Å²) in [5.74, 6) is 0.412. The van der Waals surface area contributed by atoms with Gasteiger partial charge in [-0.25, -0.2) is 0 Å². The quantitative estimate of drug-likeness (QED) is 0.303. The summed E-state index contributed by atoms with van der Waals surface area (Å²) in [6, 6.07) is 0.195. The van der Waals surface area contributed by atoms with Crippen LogP contribution in [0, 0.1) is 11.3 Å². The van der Waals surface area contributed by atoms with Gasteiger partial charge in [-0.05, 0) is 38.5 Å². The SMILES string of the molecule is CCC(NC(=O)C(C)(CC)C(N)=NO)C1CCCCC1. The van der Waals surface area contributed by atoms with Gasteiger partial charge in [0.2, 0.25) is 5.91 Å². The molecule has 2 atom stereocenters. The highest BCUT2D eigenvalue weighted by atomic mass is 16.4. The van der Waals surface area contributed by atoms with E-state index in [1.165, 1.54) is 32.1 Å². The fraction of sp³-hybridized carbons (Fsp3) is 0.867. The summed E-state index contributed by atoms with van der Waals surface area (Å²) >= 11 is 0. The Kier molecular flexibility index (Phi) is 6.30. The van der Waals surface area contributed by atoms with Crippen LogP contribution in [0.5, 0.6) is 0 Å². The molecular weight excluding hydrogens is 254 g/mol. The maximum absolute atomic E-state index is 12.5. The second kappa shape index (κ2) is 7.50. The third-order valence-electron chi connectivity index (χ3n) is 4.86. The van der Waals surface area contributed by atoms with Gasteiger partial charge in [-0.2, -0.15) is 0 Å². The molecule has 1 saturated carbocycles. The van der Waals surface area contributed by atoms with Crippen LogP contribution < -0.4 is 11.1 Å². The van der Waals surface area contributed by atoms with Gasteiger partial charge in [-0.1, -0.05) is 38.3 Å². The Labute approximate surface area is 122 Å². The van der Waals surface area contributed by atoms with Crippen molar-refractivity contribution >= 4 is 11.7 Å². The zero-order valence-corrected chi connectivity index (χ0v) is 13.0. The lowest BCUT2D eigenvalue weighted by molar-refractivity contribution is -0.128. The molecule has 116 valence electrons. The van der Waals surface area contributed by atoms with Crippen LogP contribution in [0.15, 0.2) is 5.16 Å². The molecule has 0 aliphatic heterocycles. The number of carbonyl (C=O) groups is 1. The van der Waals surface area contributed by atoms with Gasteiger partial charge in [-0.3, -0.25) is 4.79 Å². The molecule has 0 aromatic heterocycles. The van der Waals surface area contributed by atoms with Crippen LogP contribution in [0.25, 0.3) is 0 Å². The lowest BCUT2D eigenvalue weighted by Crippen LogP contribution is -2.52. The summed E-state index contributed by atoms with van der Waals surface area (Å²) in [4.78, 5) is 12.5. The number of amidine groups is 1. The summed E-state index contributed by atoms with van der Waals surface area (Å²) < 4.78 is 0. The van der Waals surface area contributed by atoms with Crippen molar-refractivity contribution in [1.82, 2.24) is 5.32 Å². The monoisotopic (exact) mass is 283 g/mol. The molecule has 0 heterocycles. The molecule has 1 aliphatic rings. The number of oxime groups is 1. The van der Waals surface area contributed by atoms with E-state index in [0.717, 1.165) is 6.42 Å². The van der Waals surface area contributed by atoms with Crippen LogP contribution in [0.2, 0.25) is 0 Å². The molecule has 0 bridgehead atoms. The van der Waals surface area contributed by atoms with Gasteiger partial charge in [0, 0.05) is 6.04 Å². The van der Waals surface area contributed by atoms with Gasteiger partial charge < -0.3 is 16.3 Å². The molecule has 1 amide bonds. The van der Waals surface area contributed by atoms with Crippen molar-refractivity contribution < 1.29 is 10.0 Å². The summed E-state index contributed by atoms with van der Waals surface area (Å²) in [7, 11) is 0. The molecule has 0 spiro atoms. The third kappa shape index (κ3) is 3.64. The van der Waals surface area contributed by atoms with Crippen molar-refractivity contribution in [2.45, 2.75) is 71.8 Å². The fourth-order valence-electron chi connectivity index (χ4n) is 2.99. The van der Waals surface area contributed by atoms with E-state index in [4.69, 9.17) is 10.9 Å². The summed E-state index contributed by atoms with van der Waals surface area (Å²) in [6.07, 6.45) is 7.61. The number of nitrogens with zero attached hydrogens (tertiary/aromatic N) is 1. The molecule has 0 saturated heterocycles. The molecule has 0 aromatic carbocycles. The molecule has 2 unspecified atom stereocenters. The fourth-order valence-corrected chi connectivity index (χ4v) is 2.99. The Morgan fingerprint density at radius 1 is 1.40 bits per heavy atom. The molecule has 0 radical (unpaired) electrons. The maximum atomic E-state index is 12.5. The largest absolute Gasteiger partial charge is 0.409 e. The van der Waals surface area contributed by atoms with Gasteiger partial charge in [0.15, 0.2) is 5.84 Å². The van der Waals surface area contributed by atoms with Gasteiger partial charge in [0.25, 0.3) is 0 Å². The second-order valence-electron chi connectivity index (χ2n) is 6.06. The van der Waals surface area contributed by atoms with Gasteiger partial charge in [0.05, 0.1) is 0 Å². The van der Waals surface area contributed by atoms with Gasteiger partial charge in [0.1, 0.15) is 5.41 Å². The predicted octanol–water partition coefficient (Wildman–Crippen LogP) is 2.62. The zero-order valence-electron chi connectivity index (χ0n) is 13.0. The van der Waals surface area contributed by atoms with E-state index in [0.29, 0.717) is 12.3 Å². The molecule has 20 heavy (non-hydrogen) atoms. The molecule has 1 aliphatic carbocycles. The van der Waals surface area contributed by atoms with Gasteiger partial charge >= 0.3 is 0 Å². The van der Waals surface area contributed by atoms with E-state index in [1.807, 2.05) is 6.92 Å². The number of hydrogen-bond donors (Lipinski definition) is 3. The van der Waals surface area contributed by atoms with Crippen molar-refractivity contribution in [3.8, 4) is 0 Å². The average Bonchev–Trinajstić information content (AvgIpc) is 2.51. The number of rotatable bonds is 6. The maximum Gasteiger partial charge on any atom is 0.233 e. The van der Waals surface area contributed by atoms with Crippen molar-refractivity contribution in [3.05, 3.63) is 0 Å². The zero-order chi connectivity index (χ0) is 15.2. The van der Waals surface area contributed by atoms with E-state index >= 15 is 0 Å². The Hall–Kier alpha value is -1.26. The molecule has 5 nitrogen and oxygen atoms in total. The lowest BCUT2D eigenvalue weighted by Gasteiger charge is -2.33. The van der Waals surface area contributed by atoms with E-state index in [2.05, 4.69) is 17.4 Å². The van der Waals surface area contributed by atoms with Crippen molar-refractivity contribution in [2.75, 3.05) is 0 Å². The highest BCUT2D eigenvalue weighted by molar-refractivity contribution is 6.06. The molecular formula is C15H29N3O2. The summed E-state index contributed by atoms with van der Waals surface area (Å²) in [5.41, 5.74) is 4.76. The molecule has 5 heteroatoms. The van der Waals surface area contributed by atoms with Crippen LogP contribution in [0.3, 0.4) is 0 Å². The number of nitrogens with two attached hydrogens (primary N) is 1. The molecule has 0 aromatic rings. The number of hydrogen-bond acceptors (Lipinski definition) is 3. The van der Waals surface area contributed by atoms with Crippen LogP contribution in [-0.4, -0.2) is 23.0 Å². The number of nitrogens with one attached hydrogen (secondary N) is 1. The molecule has 1 rings (SSSR count). The van der Waals surface area contributed by atoms with E-state index in [1.54, 1.807) is 6.92 Å². The highest BCUT2D eigenvalue weighted by Gasteiger charge is 2.38. The summed E-state index contributed by atoms with van der Waals surface area (Å²) in [6.45, 7) is 5.70. The summed E-state index contributed by atoms with van der Waals surface area (Å²) in [5, 5.41) is 15.0. The van der Waals surface area contributed by atoms with Gasteiger partial charge in [-0.15, -0.1) is 0 Å². The van der Waals surface area contributed by atoms with Crippen molar-refractivity contribution in [1.29, 1.82) is 0 Å². The van der Waals surface area contributed by atoms with E-state index < -0.39 is 5.41 Å². The molecule has 4 N–H and O–H groups in total. The first kappa shape index (κ1) is 16.8. The Balaban J connectivity index is 2.75. The third-order valence-corrected chi connectivity index (χ3v) is 4.86. The normalized spacial score (nSPS) is 22.1. The van der Waals surface area contributed by atoms with E-state index in [9.17, 15) is 4.79 Å². The van der Waals surface area contributed by atoms with Crippen molar-refractivity contribution in [2.24, 2.45) is 22.2 Å². The first-order valence-corrected chi connectivity index (χ1v) is 7.78.